The van der Waals surface area contributed by atoms with Crippen molar-refractivity contribution in [1.29, 1.82) is 0 Å². The summed E-state index contributed by atoms with van der Waals surface area (Å²) in [6.45, 7) is 0. The van der Waals surface area contributed by atoms with Crippen LogP contribution < -0.4 is 5.01 Å². The molecule has 2 nitrogen and oxygen atoms in total. The van der Waals surface area contributed by atoms with Crippen LogP contribution in [0.4, 0.5) is 5.69 Å². The van der Waals surface area contributed by atoms with Crippen LogP contribution in [-0.4, -0.2) is 5.71 Å². The number of rotatable bonds is 2. The van der Waals surface area contributed by atoms with Crippen LogP contribution in [-0.2, 0) is 6.42 Å². The van der Waals surface area contributed by atoms with E-state index in [-0.39, 0.29) is 0 Å². The summed E-state index contributed by atoms with van der Waals surface area (Å²) in [5, 5.41) is 7.28. The number of hydrazone groups is 1. The predicted molar refractivity (Wildman–Crippen MR) is 98.3 cm³/mol. The summed E-state index contributed by atoms with van der Waals surface area (Å²) in [7, 11) is 0. The monoisotopic (exact) mass is 310 g/mol. The molecule has 5 rings (SSSR count). The van der Waals surface area contributed by atoms with Crippen LogP contribution in [0.15, 0.2) is 90.0 Å². The van der Waals surface area contributed by atoms with E-state index >= 15 is 0 Å². The minimum Gasteiger partial charge on any atom is -0.257 e. The molecule has 3 aromatic rings. The van der Waals surface area contributed by atoms with E-state index in [2.05, 4.69) is 89.9 Å². The van der Waals surface area contributed by atoms with E-state index in [4.69, 9.17) is 5.10 Å². The quantitative estimate of drug-likeness (QED) is 0.662. The molecular weight excluding hydrogens is 292 g/mol. The summed E-state index contributed by atoms with van der Waals surface area (Å²) in [5.74, 6) is 0.421. The minimum atomic E-state index is 0.304. The van der Waals surface area contributed by atoms with Gasteiger partial charge in [-0.2, -0.15) is 5.10 Å². The van der Waals surface area contributed by atoms with Gasteiger partial charge in [0.25, 0.3) is 0 Å². The highest BCUT2D eigenvalue weighted by atomic mass is 15.5. The molecule has 0 saturated carbocycles. The Labute approximate surface area is 142 Å². The van der Waals surface area contributed by atoms with Crippen molar-refractivity contribution in [1.82, 2.24) is 0 Å². The molecule has 0 aromatic heterocycles. The van der Waals surface area contributed by atoms with Crippen molar-refractivity contribution in [3.8, 4) is 0 Å². The smallest absolute Gasteiger partial charge is 0.0865 e. The lowest BCUT2D eigenvalue weighted by Gasteiger charge is -2.24. The summed E-state index contributed by atoms with van der Waals surface area (Å²) in [6.07, 6.45) is 1.07. The lowest BCUT2D eigenvalue weighted by molar-refractivity contribution is 0.597. The number of benzene rings is 3. The van der Waals surface area contributed by atoms with Gasteiger partial charge in [-0.15, -0.1) is 0 Å². The Hall–Kier alpha value is -2.87. The van der Waals surface area contributed by atoms with E-state index < -0.39 is 0 Å². The van der Waals surface area contributed by atoms with Crippen LogP contribution >= 0.6 is 0 Å². The summed E-state index contributed by atoms with van der Waals surface area (Å²) < 4.78 is 0. The zero-order valence-corrected chi connectivity index (χ0v) is 13.3. The second kappa shape index (κ2) is 5.34. The Bertz CT molecular complexity index is 900. The molecule has 24 heavy (non-hydrogen) atoms. The molecule has 2 heteroatoms. The zero-order valence-electron chi connectivity index (χ0n) is 13.3. The van der Waals surface area contributed by atoms with Gasteiger partial charge in [-0.1, -0.05) is 72.8 Å². The van der Waals surface area contributed by atoms with Gasteiger partial charge in [0.05, 0.1) is 17.4 Å². The van der Waals surface area contributed by atoms with Crippen LogP contribution in [0.1, 0.15) is 22.7 Å². The number of anilines is 1. The highest BCUT2D eigenvalue weighted by Crippen LogP contribution is 2.47. The van der Waals surface area contributed by atoms with Crippen molar-refractivity contribution in [3.63, 3.8) is 0 Å². The maximum Gasteiger partial charge on any atom is 0.0865 e. The third kappa shape index (κ3) is 2.00. The molecule has 0 N–H and O–H groups in total. The lowest BCUT2D eigenvalue weighted by Crippen LogP contribution is -2.22. The fourth-order valence-electron chi connectivity index (χ4n) is 4.05. The topological polar surface area (TPSA) is 15.6 Å². The molecule has 1 heterocycles. The molecule has 0 unspecified atom stereocenters. The Morgan fingerprint density at radius 2 is 1.42 bits per heavy atom. The van der Waals surface area contributed by atoms with Crippen LogP contribution in [0.2, 0.25) is 0 Å². The predicted octanol–water partition coefficient (Wildman–Crippen LogP) is 4.82. The second-order valence-corrected chi connectivity index (χ2v) is 6.49. The van der Waals surface area contributed by atoms with E-state index in [0.29, 0.717) is 12.0 Å². The Morgan fingerprint density at radius 1 is 0.750 bits per heavy atom. The Morgan fingerprint density at radius 3 is 2.21 bits per heavy atom. The molecule has 0 fully saturated rings. The maximum atomic E-state index is 5.06. The van der Waals surface area contributed by atoms with Gasteiger partial charge in [-0.05, 0) is 35.2 Å². The van der Waals surface area contributed by atoms with Gasteiger partial charge in [0.15, 0.2) is 0 Å². The summed E-state index contributed by atoms with van der Waals surface area (Å²) >= 11 is 0. The van der Waals surface area contributed by atoms with Gasteiger partial charge in [0, 0.05) is 5.92 Å². The van der Waals surface area contributed by atoms with Crippen LogP contribution in [0.25, 0.3) is 0 Å². The minimum absolute atomic E-state index is 0.304. The van der Waals surface area contributed by atoms with Crippen LogP contribution in [0.3, 0.4) is 0 Å². The normalized spacial score (nSPS) is 21.3. The first kappa shape index (κ1) is 13.6. The molecule has 2 aliphatic rings. The van der Waals surface area contributed by atoms with Crippen LogP contribution in [0, 0.1) is 5.92 Å². The summed E-state index contributed by atoms with van der Waals surface area (Å²) in [4.78, 5) is 0. The molecule has 2 atom stereocenters. The number of para-hydroxylation sites is 1. The van der Waals surface area contributed by atoms with Gasteiger partial charge in [-0.25, -0.2) is 0 Å². The molecule has 0 saturated heterocycles. The average molecular weight is 310 g/mol. The third-order valence-electron chi connectivity index (χ3n) is 5.12. The van der Waals surface area contributed by atoms with E-state index in [1.165, 1.54) is 22.4 Å². The van der Waals surface area contributed by atoms with Crippen LogP contribution in [0.5, 0.6) is 0 Å². The molecule has 3 aromatic carbocycles. The molecule has 1 aliphatic heterocycles. The van der Waals surface area contributed by atoms with E-state index in [9.17, 15) is 0 Å². The average Bonchev–Trinajstić information content (AvgIpc) is 3.20. The molecule has 0 bridgehead atoms. The highest BCUT2D eigenvalue weighted by Gasteiger charge is 2.44. The molecule has 116 valence electrons. The first-order valence-electron chi connectivity index (χ1n) is 8.48. The largest absolute Gasteiger partial charge is 0.257 e. The van der Waals surface area contributed by atoms with Gasteiger partial charge in [-0.3, -0.25) is 5.01 Å². The summed E-state index contributed by atoms with van der Waals surface area (Å²) in [6, 6.07) is 30.2. The van der Waals surface area contributed by atoms with Gasteiger partial charge < -0.3 is 0 Å². The number of hydrogen-bond donors (Lipinski definition) is 0. The van der Waals surface area contributed by atoms with Crippen molar-refractivity contribution < 1.29 is 0 Å². The van der Waals surface area contributed by atoms with Crippen molar-refractivity contribution in [2.24, 2.45) is 11.0 Å². The number of hydrogen-bond acceptors (Lipinski definition) is 2. The Balaban J connectivity index is 1.66. The van der Waals surface area contributed by atoms with E-state index in [0.717, 1.165) is 12.1 Å². The highest BCUT2D eigenvalue weighted by molar-refractivity contribution is 6.05. The number of fused-ring (bicyclic) bond motifs is 3. The second-order valence-electron chi connectivity index (χ2n) is 6.49. The zero-order chi connectivity index (χ0) is 15.9. The summed E-state index contributed by atoms with van der Waals surface area (Å²) in [5.41, 5.74) is 6.48. The SMILES string of the molecule is c1ccc(C2=NN(c3ccccc3)[C@@H]3c4ccccc4C[C@H]23)cc1. The van der Waals surface area contributed by atoms with Crippen molar-refractivity contribution in [2.45, 2.75) is 12.5 Å². The van der Waals surface area contributed by atoms with Gasteiger partial charge >= 0.3 is 0 Å². The standard InChI is InChI=1S/C22H18N2/c1-3-9-16(10-4-1)21-20-15-17-11-7-8-14-19(17)22(20)24(23-21)18-12-5-2-6-13-18/h1-14,20,22H,15H2/t20-,22-/m1/s1. The molecule has 0 radical (unpaired) electrons. The molecular formula is C22H18N2. The van der Waals surface area contributed by atoms with E-state index in [1.807, 2.05) is 0 Å². The molecule has 0 amide bonds. The fourth-order valence-corrected chi connectivity index (χ4v) is 4.05. The third-order valence-corrected chi connectivity index (χ3v) is 5.12. The first-order chi connectivity index (χ1) is 11.9. The number of nitrogens with zero attached hydrogens (tertiary/aromatic N) is 2. The van der Waals surface area contributed by atoms with E-state index in [1.54, 1.807) is 0 Å². The molecule has 0 spiro atoms. The van der Waals surface area contributed by atoms with Crippen molar-refractivity contribution in [2.75, 3.05) is 5.01 Å². The van der Waals surface area contributed by atoms with Gasteiger partial charge in [0.1, 0.15) is 0 Å². The molecule has 1 aliphatic carbocycles. The Kier molecular flexibility index (Phi) is 3.02. The van der Waals surface area contributed by atoms with Crippen molar-refractivity contribution in [3.05, 3.63) is 102 Å². The maximum absolute atomic E-state index is 5.06. The van der Waals surface area contributed by atoms with Crippen molar-refractivity contribution >= 4 is 11.4 Å². The fraction of sp³-hybridized carbons (Fsp3) is 0.136. The lowest BCUT2D eigenvalue weighted by atomic mass is 9.92. The van der Waals surface area contributed by atoms with Gasteiger partial charge in [0.2, 0.25) is 0 Å². The first-order valence-corrected chi connectivity index (χ1v) is 8.48.